The topological polar surface area (TPSA) is 78.8 Å². The molecule has 0 aromatic heterocycles. The zero-order valence-corrected chi connectivity index (χ0v) is 10.5. The summed E-state index contributed by atoms with van der Waals surface area (Å²) in [6.07, 6.45) is 0. The summed E-state index contributed by atoms with van der Waals surface area (Å²) in [7, 11) is 0. The largest absolute Gasteiger partial charge is 0.508 e. The van der Waals surface area contributed by atoms with Gasteiger partial charge in [0, 0.05) is 5.56 Å². The summed E-state index contributed by atoms with van der Waals surface area (Å²) in [5.41, 5.74) is 0.940. The average molecular weight is 271 g/mol. The smallest absolute Gasteiger partial charge is 0.255 e. The molecule has 0 radical (unpaired) electrons. The fraction of sp³-hybridized carbons (Fsp3) is 0.133. The SMILES string of the molecule is O=C(NC1COc2ccccc21)c1cc(O)ccc1O. The van der Waals surface area contributed by atoms with Crippen LogP contribution in [-0.2, 0) is 0 Å². The van der Waals surface area contributed by atoms with Crippen molar-refractivity contribution in [1.82, 2.24) is 5.32 Å². The van der Waals surface area contributed by atoms with E-state index >= 15 is 0 Å². The highest BCUT2D eigenvalue weighted by Gasteiger charge is 2.26. The van der Waals surface area contributed by atoms with Gasteiger partial charge in [0.15, 0.2) is 0 Å². The maximum absolute atomic E-state index is 12.1. The van der Waals surface area contributed by atoms with Crippen molar-refractivity contribution in [2.24, 2.45) is 0 Å². The summed E-state index contributed by atoms with van der Waals surface area (Å²) < 4.78 is 5.48. The number of phenols is 2. The Kier molecular flexibility index (Phi) is 2.95. The van der Waals surface area contributed by atoms with E-state index in [0.29, 0.717) is 6.61 Å². The Labute approximate surface area is 115 Å². The molecule has 0 fully saturated rings. The minimum Gasteiger partial charge on any atom is -0.508 e. The van der Waals surface area contributed by atoms with E-state index in [1.165, 1.54) is 18.2 Å². The van der Waals surface area contributed by atoms with Crippen LogP contribution in [0.25, 0.3) is 0 Å². The second-order valence-corrected chi connectivity index (χ2v) is 4.58. The van der Waals surface area contributed by atoms with Crippen LogP contribution in [-0.4, -0.2) is 22.7 Å². The first-order valence-electron chi connectivity index (χ1n) is 6.20. The molecule has 1 atom stereocenters. The van der Waals surface area contributed by atoms with Crippen LogP contribution in [0.3, 0.4) is 0 Å². The highest BCUT2D eigenvalue weighted by Crippen LogP contribution is 2.32. The Bertz CT molecular complexity index is 669. The van der Waals surface area contributed by atoms with Crippen LogP contribution in [0.5, 0.6) is 17.2 Å². The predicted molar refractivity (Wildman–Crippen MR) is 71.9 cm³/mol. The van der Waals surface area contributed by atoms with Crippen molar-refractivity contribution in [1.29, 1.82) is 0 Å². The lowest BCUT2D eigenvalue weighted by atomic mass is 10.1. The highest BCUT2D eigenvalue weighted by atomic mass is 16.5. The molecule has 20 heavy (non-hydrogen) atoms. The number of ether oxygens (including phenoxy) is 1. The molecule has 1 aliphatic heterocycles. The van der Waals surface area contributed by atoms with Gasteiger partial charge in [0.2, 0.25) is 0 Å². The zero-order valence-electron chi connectivity index (χ0n) is 10.5. The van der Waals surface area contributed by atoms with E-state index in [9.17, 15) is 15.0 Å². The van der Waals surface area contributed by atoms with Gasteiger partial charge in [-0.15, -0.1) is 0 Å². The van der Waals surface area contributed by atoms with Gasteiger partial charge in [0.25, 0.3) is 5.91 Å². The summed E-state index contributed by atoms with van der Waals surface area (Å²) in [5, 5.41) is 21.8. The van der Waals surface area contributed by atoms with Crippen molar-refractivity contribution in [3.05, 3.63) is 53.6 Å². The fourth-order valence-electron chi connectivity index (χ4n) is 2.22. The number of fused-ring (bicyclic) bond motifs is 1. The van der Waals surface area contributed by atoms with Gasteiger partial charge in [-0.3, -0.25) is 4.79 Å². The molecule has 0 saturated heterocycles. The molecule has 0 bridgehead atoms. The van der Waals surface area contributed by atoms with Gasteiger partial charge in [-0.1, -0.05) is 18.2 Å². The first-order chi connectivity index (χ1) is 9.65. The van der Waals surface area contributed by atoms with Gasteiger partial charge in [0.05, 0.1) is 11.6 Å². The summed E-state index contributed by atoms with van der Waals surface area (Å²) in [6, 6.07) is 11.0. The Balaban J connectivity index is 1.82. The third-order valence-electron chi connectivity index (χ3n) is 3.23. The molecular weight excluding hydrogens is 258 g/mol. The van der Waals surface area contributed by atoms with E-state index in [-0.39, 0.29) is 23.1 Å². The summed E-state index contributed by atoms with van der Waals surface area (Å²) in [4.78, 5) is 12.1. The number of nitrogens with one attached hydrogen (secondary N) is 1. The second-order valence-electron chi connectivity index (χ2n) is 4.58. The van der Waals surface area contributed by atoms with Gasteiger partial charge in [-0.05, 0) is 24.3 Å². The fourth-order valence-corrected chi connectivity index (χ4v) is 2.22. The van der Waals surface area contributed by atoms with E-state index in [2.05, 4.69) is 5.32 Å². The number of para-hydroxylation sites is 1. The first-order valence-corrected chi connectivity index (χ1v) is 6.20. The van der Waals surface area contributed by atoms with Crippen molar-refractivity contribution in [3.8, 4) is 17.2 Å². The lowest BCUT2D eigenvalue weighted by Crippen LogP contribution is -2.29. The lowest BCUT2D eigenvalue weighted by Gasteiger charge is -2.12. The molecule has 102 valence electrons. The maximum Gasteiger partial charge on any atom is 0.255 e. The molecule has 0 saturated carbocycles. The van der Waals surface area contributed by atoms with Crippen LogP contribution >= 0.6 is 0 Å². The van der Waals surface area contributed by atoms with Gasteiger partial charge in [-0.25, -0.2) is 0 Å². The molecule has 1 aliphatic rings. The Hall–Kier alpha value is -2.69. The van der Waals surface area contributed by atoms with Crippen LogP contribution in [0, 0.1) is 0 Å². The lowest BCUT2D eigenvalue weighted by molar-refractivity contribution is 0.0927. The first kappa shape index (κ1) is 12.3. The third-order valence-corrected chi connectivity index (χ3v) is 3.23. The summed E-state index contributed by atoms with van der Waals surface area (Å²) in [5.74, 6) is 0.0464. The van der Waals surface area contributed by atoms with E-state index in [4.69, 9.17) is 4.74 Å². The standard InChI is InChI=1S/C15H13NO4/c17-9-5-6-13(18)11(7-9)15(19)16-12-8-20-14-4-2-1-3-10(12)14/h1-7,12,17-18H,8H2,(H,16,19). The van der Waals surface area contributed by atoms with Crippen LogP contribution in [0.2, 0.25) is 0 Å². The van der Waals surface area contributed by atoms with Gasteiger partial charge in [-0.2, -0.15) is 0 Å². The number of phenolic OH excluding ortho intramolecular Hbond substituents is 2. The number of benzene rings is 2. The van der Waals surface area contributed by atoms with Gasteiger partial charge >= 0.3 is 0 Å². The molecule has 3 N–H and O–H groups in total. The zero-order chi connectivity index (χ0) is 14.1. The highest BCUT2D eigenvalue weighted by molar-refractivity contribution is 5.97. The summed E-state index contributed by atoms with van der Waals surface area (Å²) in [6.45, 7) is 0.352. The van der Waals surface area contributed by atoms with Crippen molar-refractivity contribution in [3.63, 3.8) is 0 Å². The average Bonchev–Trinajstić information content (AvgIpc) is 2.85. The Morgan fingerprint density at radius 2 is 2.00 bits per heavy atom. The molecule has 0 aliphatic carbocycles. The van der Waals surface area contributed by atoms with Gasteiger partial charge in [0.1, 0.15) is 23.9 Å². The van der Waals surface area contributed by atoms with Crippen molar-refractivity contribution in [2.45, 2.75) is 6.04 Å². The Morgan fingerprint density at radius 3 is 2.85 bits per heavy atom. The van der Waals surface area contributed by atoms with Crippen molar-refractivity contribution >= 4 is 5.91 Å². The molecular formula is C15H13NO4. The molecule has 5 nitrogen and oxygen atoms in total. The second kappa shape index (κ2) is 4.77. The molecule has 0 spiro atoms. The van der Waals surface area contributed by atoms with E-state index < -0.39 is 5.91 Å². The number of hydrogen-bond donors (Lipinski definition) is 3. The van der Waals surface area contributed by atoms with Crippen LogP contribution < -0.4 is 10.1 Å². The van der Waals surface area contributed by atoms with Gasteiger partial charge < -0.3 is 20.3 Å². The van der Waals surface area contributed by atoms with Crippen molar-refractivity contribution in [2.75, 3.05) is 6.61 Å². The van der Waals surface area contributed by atoms with Crippen molar-refractivity contribution < 1.29 is 19.7 Å². The third kappa shape index (κ3) is 2.14. The van der Waals surface area contributed by atoms with E-state index in [1.54, 1.807) is 0 Å². The number of carbonyl (C=O) groups is 1. The monoisotopic (exact) mass is 271 g/mol. The Morgan fingerprint density at radius 1 is 1.20 bits per heavy atom. The molecule has 5 heteroatoms. The molecule has 1 unspecified atom stereocenters. The normalized spacial score (nSPS) is 16.3. The van der Waals surface area contributed by atoms with Crippen LogP contribution in [0.4, 0.5) is 0 Å². The number of aromatic hydroxyl groups is 2. The number of rotatable bonds is 2. The molecule has 3 rings (SSSR count). The molecule has 2 aromatic carbocycles. The van der Waals surface area contributed by atoms with Crippen LogP contribution in [0.15, 0.2) is 42.5 Å². The van der Waals surface area contributed by atoms with E-state index in [0.717, 1.165) is 11.3 Å². The molecule has 1 amide bonds. The van der Waals surface area contributed by atoms with E-state index in [1.807, 2.05) is 24.3 Å². The number of amides is 1. The van der Waals surface area contributed by atoms with Crippen LogP contribution in [0.1, 0.15) is 22.0 Å². The summed E-state index contributed by atoms with van der Waals surface area (Å²) >= 11 is 0. The molecule has 2 aromatic rings. The molecule has 1 heterocycles. The minimum absolute atomic E-state index is 0.0365. The number of hydrogen-bond acceptors (Lipinski definition) is 4. The number of carbonyl (C=O) groups excluding carboxylic acids is 1. The predicted octanol–water partition coefficient (Wildman–Crippen LogP) is 1.96. The maximum atomic E-state index is 12.1. The quantitative estimate of drug-likeness (QED) is 0.730. The minimum atomic E-state index is -0.455.